The lowest BCUT2D eigenvalue weighted by Crippen LogP contribution is -2.50. The van der Waals surface area contributed by atoms with Crippen molar-refractivity contribution < 1.29 is 0 Å². The molecule has 2 unspecified atom stereocenters. The second-order valence-corrected chi connectivity index (χ2v) is 3.88. The third kappa shape index (κ3) is 2.46. The number of piperidine rings is 1. The fraction of sp³-hybridized carbons (Fsp3) is 1.00. The second kappa shape index (κ2) is 4.07. The Kier molecular flexibility index (Phi) is 3.34. The van der Waals surface area contributed by atoms with Gasteiger partial charge in [-0.2, -0.15) is 0 Å². The summed E-state index contributed by atoms with van der Waals surface area (Å²) in [6.07, 6.45) is 3.93. The molecule has 0 aromatic carbocycles. The fourth-order valence-corrected chi connectivity index (χ4v) is 1.67. The summed E-state index contributed by atoms with van der Waals surface area (Å²) in [6, 6.07) is 0.916. The number of hydrogen-bond donors (Lipinski definition) is 2. The summed E-state index contributed by atoms with van der Waals surface area (Å²) in [6.45, 7) is 5.55. The normalized spacial score (nSPS) is 28.9. The molecule has 0 aromatic rings. The van der Waals surface area contributed by atoms with Crippen LogP contribution in [0.1, 0.15) is 33.1 Å². The molecule has 0 saturated carbocycles. The SMILES string of the molecule is CC(C)C(N)C1CCCCN1. The van der Waals surface area contributed by atoms with E-state index in [1.54, 1.807) is 0 Å². The first-order valence-electron chi connectivity index (χ1n) is 4.71. The summed E-state index contributed by atoms with van der Waals surface area (Å²) in [7, 11) is 0. The highest BCUT2D eigenvalue weighted by Gasteiger charge is 2.21. The van der Waals surface area contributed by atoms with Crippen LogP contribution in [0.5, 0.6) is 0 Å². The molecule has 1 heterocycles. The van der Waals surface area contributed by atoms with E-state index in [9.17, 15) is 0 Å². The summed E-state index contributed by atoms with van der Waals surface area (Å²) < 4.78 is 0. The third-order valence-corrected chi connectivity index (χ3v) is 2.58. The van der Waals surface area contributed by atoms with Gasteiger partial charge in [-0.1, -0.05) is 20.3 Å². The molecule has 0 aromatic heterocycles. The number of nitrogens with two attached hydrogens (primary N) is 1. The van der Waals surface area contributed by atoms with Gasteiger partial charge in [-0.05, 0) is 25.3 Å². The Hall–Kier alpha value is -0.0800. The van der Waals surface area contributed by atoms with Gasteiger partial charge in [-0.25, -0.2) is 0 Å². The smallest absolute Gasteiger partial charge is 0.0221 e. The minimum absolute atomic E-state index is 0.343. The number of nitrogens with one attached hydrogen (secondary N) is 1. The van der Waals surface area contributed by atoms with Gasteiger partial charge in [0.1, 0.15) is 0 Å². The molecule has 1 saturated heterocycles. The number of hydrogen-bond acceptors (Lipinski definition) is 2. The zero-order valence-electron chi connectivity index (χ0n) is 7.64. The van der Waals surface area contributed by atoms with Crippen LogP contribution >= 0.6 is 0 Å². The van der Waals surface area contributed by atoms with E-state index in [-0.39, 0.29) is 0 Å². The lowest BCUT2D eigenvalue weighted by atomic mass is 9.91. The van der Waals surface area contributed by atoms with Crippen molar-refractivity contribution in [1.82, 2.24) is 5.32 Å². The van der Waals surface area contributed by atoms with Crippen LogP contribution in [0.15, 0.2) is 0 Å². The Bertz CT molecular complexity index is 106. The summed E-state index contributed by atoms with van der Waals surface area (Å²) in [4.78, 5) is 0. The highest BCUT2D eigenvalue weighted by atomic mass is 15.0. The molecule has 11 heavy (non-hydrogen) atoms. The highest BCUT2D eigenvalue weighted by molar-refractivity contribution is 4.84. The Morgan fingerprint density at radius 2 is 2.09 bits per heavy atom. The fourth-order valence-electron chi connectivity index (χ4n) is 1.67. The molecule has 2 atom stereocenters. The summed E-state index contributed by atoms with van der Waals surface area (Å²) in [5, 5.41) is 3.48. The molecule has 1 fully saturated rings. The molecule has 0 radical (unpaired) electrons. The predicted molar refractivity (Wildman–Crippen MR) is 48.5 cm³/mol. The zero-order valence-corrected chi connectivity index (χ0v) is 7.64. The second-order valence-electron chi connectivity index (χ2n) is 3.88. The maximum atomic E-state index is 6.03. The van der Waals surface area contributed by atoms with Gasteiger partial charge in [0.15, 0.2) is 0 Å². The molecular formula is C9H20N2. The van der Waals surface area contributed by atoms with E-state index in [2.05, 4.69) is 19.2 Å². The average Bonchev–Trinajstić information content (AvgIpc) is 2.05. The van der Waals surface area contributed by atoms with E-state index < -0.39 is 0 Å². The van der Waals surface area contributed by atoms with Crippen LogP contribution in [0.2, 0.25) is 0 Å². The van der Waals surface area contributed by atoms with Crippen LogP contribution in [0.3, 0.4) is 0 Å². The molecule has 0 amide bonds. The van der Waals surface area contributed by atoms with E-state index >= 15 is 0 Å². The van der Waals surface area contributed by atoms with Crippen molar-refractivity contribution in [2.45, 2.75) is 45.2 Å². The quantitative estimate of drug-likeness (QED) is 0.628. The molecule has 1 aliphatic heterocycles. The molecule has 0 spiro atoms. The molecule has 2 heteroatoms. The van der Waals surface area contributed by atoms with Crippen LogP contribution in [0, 0.1) is 5.92 Å². The highest BCUT2D eigenvalue weighted by Crippen LogP contribution is 2.13. The van der Waals surface area contributed by atoms with E-state index in [1.807, 2.05) is 0 Å². The monoisotopic (exact) mass is 156 g/mol. The molecular weight excluding hydrogens is 136 g/mol. The van der Waals surface area contributed by atoms with Crippen LogP contribution < -0.4 is 11.1 Å². The van der Waals surface area contributed by atoms with Gasteiger partial charge in [0, 0.05) is 12.1 Å². The maximum Gasteiger partial charge on any atom is 0.0221 e. The average molecular weight is 156 g/mol. The van der Waals surface area contributed by atoms with Gasteiger partial charge in [-0.15, -0.1) is 0 Å². The predicted octanol–water partition coefficient (Wildman–Crippen LogP) is 1.11. The van der Waals surface area contributed by atoms with Crippen LogP contribution in [-0.2, 0) is 0 Å². The van der Waals surface area contributed by atoms with Crippen molar-refractivity contribution in [2.75, 3.05) is 6.54 Å². The summed E-state index contributed by atoms with van der Waals surface area (Å²) in [5.41, 5.74) is 6.03. The molecule has 1 aliphatic rings. The Labute approximate surface area is 69.5 Å². The Balaban J connectivity index is 2.32. The largest absolute Gasteiger partial charge is 0.326 e. The van der Waals surface area contributed by atoms with E-state index in [4.69, 9.17) is 5.73 Å². The molecule has 0 aliphatic carbocycles. The molecule has 1 rings (SSSR count). The van der Waals surface area contributed by atoms with Crippen molar-refractivity contribution in [1.29, 1.82) is 0 Å². The van der Waals surface area contributed by atoms with Crippen molar-refractivity contribution in [3.63, 3.8) is 0 Å². The van der Waals surface area contributed by atoms with Gasteiger partial charge < -0.3 is 11.1 Å². The standard InChI is InChI=1S/C9H20N2/c1-7(2)9(10)8-5-3-4-6-11-8/h7-9,11H,3-6,10H2,1-2H3. The lowest BCUT2D eigenvalue weighted by Gasteiger charge is -2.31. The summed E-state index contributed by atoms with van der Waals surface area (Å²) in [5.74, 6) is 0.602. The molecule has 0 bridgehead atoms. The first-order chi connectivity index (χ1) is 5.22. The topological polar surface area (TPSA) is 38.0 Å². The first kappa shape index (κ1) is 9.01. The van der Waals surface area contributed by atoms with Crippen molar-refractivity contribution in [3.8, 4) is 0 Å². The van der Waals surface area contributed by atoms with Gasteiger partial charge in [-0.3, -0.25) is 0 Å². The van der Waals surface area contributed by atoms with Gasteiger partial charge in [0.05, 0.1) is 0 Å². The third-order valence-electron chi connectivity index (χ3n) is 2.58. The van der Waals surface area contributed by atoms with Crippen LogP contribution in [0.25, 0.3) is 0 Å². The molecule has 2 nitrogen and oxygen atoms in total. The maximum absolute atomic E-state index is 6.03. The number of rotatable bonds is 2. The Morgan fingerprint density at radius 3 is 2.55 bits per heavy atom. The first-order valence-corrected chi connectivity index (χ1v) is 4.71. The minimum Gasteiger partial charge on any atom is -0.326 e. The van der Waals surface area contributed by atoms with Crippen molar-refractivity contribution in [3.05, 3.63) is 0 Å². The van der Waals surface area contributed by atoms with E-state index in [0.717, 1.165) is 6.54 Å². The minimum atomic E-state index is 0.343. The van der Waals surface area contributed by atoms with Crippen LogP contribution in [-0.4, -0.2) is 18.6 Å². The Morgan fingerprint density at radius 1 is 1.36 bits per heavy atom. The van der Waals surface area contributed by atoms with Gasteiger partial charge >= 0.3 is 0 Å². The van der Waals surface area contributed by atoms with E-state index in [1.165, 1.54) is 19.3 Å². The van der Waals surface area contributed by atoms with Crippen LogP contribution in [0.4, 0.5) is 0 Å². The lowest BCUT2D eigenvalue weighted by molar-refractivity contribution is 0.304. The zero-order chi connectivity index (χ0) is 8.27. The van der Waals surface area contributed by atoms with Crippen molar-refractivity contribution in [2.24, 2.45) is 11.7 Å². The molecule has 66 valence electrons. The van der Waals surface area contributed by atoms with Gasteiger partial charge in [0.25, 0.3) is 0 Å². The van der Waals surface area contributed by atoms with Gasteiger partial charge in [0.2, 0.25) is 0 Å². The summed E-state index contributed by atoms with van der Waals surface area (Å²) >= 11 is 0. The van der Waals surface area contributed by atoms with E-state index in [0.29, 0.717) is 18.0 Å². The molecule has 3 N–H and O–H groups in total. The van der Waals surface area contributed by atoms with Crippen molar-refractivity contribution >= 4 is 0 Å².